The lowest BCUT2D eigenvalue weighted by Gasteiger charge is -2.17. The van der Waals surface area contributed by atoms with Gasteiger partial charge in [-0.3, -0.25) is 4.99 Å². The van der Waals surface area contributed by atoms with Crippen LogP contribution in [-0.4, -0.2) is 25.6 Å². The van der Waals surface area contributed by atoms with E-state index < -0.39 is 0 Å². The van der Waals surface area contributed by atoms with Crippen LogP contribution in [-0.2, 0) is 0 Å². The minimum Gasteiger partial charge on any atom is -0.356 e. The monoisotopic (exact) mass is 227 g/mol. The molecule has 0 aromatic heterocycles. The van der Waals surface area contributed by atoms with E-state index in [2.05, 4.69) is 36.4 Å². The molecule has 0 spiro atoms. The lowest BCUT2D eigenvalue weighted by atomic mass is 10.1. The van der Waals surface area contributed by atoms with E-state index >= 15 is 0 Å². The third kappa shape index (κ3) is 8.57. The number of unbranched alkanes of at least 4 members (excludes halogenated alkanes) is 3. The summed E-state index contributed by atoms with van der Waals surface area (Å²) in [6.45, 7) is 7.62. The molecular weight excluding hydrogens is 198 g/mol. The van der Waals surface area contributed by atoms with Crippen LogP contribution in [0.3, 0.4) is 0 Å². The third-order valence-corrected chi connectivity index (χ3v) is 2.64. The van der Waals surface area contributed by atoms with Crippen LogP contribution in [0.4, 0.5) is 0 Å². The summed E-state index contributed by atoms with van der Waals surface area (Å²) in [5, 5.41) is 6.71. The van der Waals surface area contributed by atoms with Crippen molar-refractivity contribution in [3.8, 4) is 0 Å². The fourth-order valence-electron chi connectivity index (χ4n) is 1.62. The van der Waals surface area contributed by atoms with Crippen molar-refractivity contribution in [2.75, 3.05) is 13.6 Å². The van der Waals surface area contributed by atoms with Crippen LogP contribution in [0.25, 0.3) is 0 Å². The SMILES string of the molecule is CCCCCCC(C)NC(=NC)NCCC. The molecule has 2 N–H and O–H groups in total. The second kappa shape index (κ2) is 10.8. The Hall–Kier alpha value is -0.730. The van der Waals surface area contributed by atoms with Gasteiger partial charge in [0, 0.05) is 19.6 Å². The number of rotatable bonds is 8. The number of aliphatic imine (C=N–C) groups is 1. The number of hydrogen-bond acceptors (Lipinski definition) is 1. The van der Waals surface area contributed by atoms with Gasteiger partial charge in [-0.15, -0.1) is 0 Å². The van der Waals surface area contributed by atoms with Crippen molar-refractivity contribution in [1.29, 1.82) is 0 Å². The average molecular weight is 227 g/mol. The third-order valence-electron chi connectivity index (χ3n) is 2.64. The molecule has 0 aliphatic heterocycles. The van der Waals surface area contributed by atoms with Crippen LogP contribution in [0.5, 0.6) is 0 Å². The van der Waals surface area contributed by atoms with E-state index in [9.17, 15) is 0 Å². The Balaban J connectivity index is 3.62. The highest BCUT2D eigenvalue weighted by atomic mass is 15.2. The molecule has 1 atom stereocenters. The van der Waals surface area contributed by atoms with Crippen molar-refractivity contribution in [1.82, 2.24) is 10.6 Å². The van der Waals surface area contributed by atoms with E-state index in [1.807, 2.05) is 7.05 Å². The van der Waals surface area contributed by atoms with Crippen LogP contribution in [0.1, 0.15) is 59.3 Å². The van der Waals surface area contributed by atoms with E-state index in [1.165, 1.54) is 32.1 Å². The largest absolute Gasteiger partial charge is 0.356 e. The molecule has 0 fully saturated rings. The summed E-state index contributed by atoms with van der Waals surface area (Å²) < 4.78 is 0. The van der Waals surface area contributed by atoms with Gasteiger partial charge in [-0.25, -0.2) is 0 Å². The number of nitrogens with one attached hydrogen (secondary N) is 2. The van der Waals surface area contributed by atoms with Crippen molar-refractivity contribution in [3.05, 3.63) is 0 Å². The Bertz CT molecular complexity index is 178. The number of nitrogens with zero attached hydrogens (tertiary/aromatic N) is 1. The summed E-state index contributed by atoms with van der Waals surface area (Å²) in [6.07, 6.45) is 7.69. The van der Waals surface area contributed by atoms with Crippen molar-refractivity contribution in [2.24, 2.45) is 4.99 Å². The van der Waals surface area contributed by atoms with Crippen LogP contribution in [0.15, 0.2) is 4.99 Å². The van der Waals surface area contributed by atoms with E-state index in [-0.39, 0.29) is 0 Å². The highest BCUT2D eigenvalue weighted by Crippen LogP contribution is 2.04. The van der Waals surface area contributed by atoms with Gasteiger partial charge >= 0.3 is 0 Å². The molecular formula is C13H29N3. The summed E-state index contributed by atoms with van der Waals surface area (Å²) in [4.78, 5) is 4.20. The van der Waals surface area contributed by atoms with Crippen molar-refractivity contribution < 1.29 is 0 Å². The molecule has 0 saturated carbocycles. The minimum absolute atomic E-state index is 0.514. The van der Waals surface area contributed by atoms with Crippen molar-refractivity contribution in [3.63, 3.8) is 0 Å². The smallest absolute Gasteiger partial charge is 0.191 e. The Kier molecular flexibility index (Phi) is 10.3. The molecule has 0 aliphatic carbocycles. The zero-order valence-electron chi connectivity index (χ0n) is 11.5. The highest BCUT2D eigenvalue weighted by Gasteiger charge is 2.03. The van der Waals surface area contributed by atoms with Crippen LogP contribution < -0.4 is 10.6 Å². The Labute approximate surface area is 101 Å². The second-order valence-electron chi connectivity index (χ2n) is 4.39. The van der Waals surface area contributed by atoms with Crippen molar-refractivity contribution in [2.45, 2.75) is 65.3 Å². The fraction of sp³-hybridized carbons (Fsp3) is 0.923. The van der Waals surface area contributed by atoms with Gasteiger partial charge < -0.3 is 10.6 Å². The minimum atomic E-state index is 0.514. The molecule has 0 aromatic rings. The molecule has 0 amide bonds. The van der Waals surface area contributed by atoms with Gasteiger partial charge in [0.05, 0.1) is 0 Å². The van der Waals surface area contributed by atoms with Crippen molar-refractivity contribution >= 4 is 5.96 Å². The fourth-order valence-corrected chi connectivity index (χ4v) is 1.62. The van der Waals surface area contributed by atoms with Crippen LogP contribution in [0.2, 0.25) is 0 Å². The summed E-state index contributed by atoms with van der Waals surface area (Å²) in [7, 11) is 1.83. The van der Waals surface area contributed by atoms with Crippen LogP contribution in [0, 0.1) is 0 Å². The lowest BCUT2D eigenvalue weighted by molar-refractivity contribution is 0.537. The first kappa shape index (κ1) is 15.3. The lowest BCUT2D eigenvalue weighted by Crippen LogP contribution is -2.42. The summed E-state index contributed by atoms with van der Waals surface area (Å²) >= 11 is 0. The van der Waals surface area contributed by atoms with Gasteiger partial charge in [-0.2, -0.15) is 0 Å². The molecule has 0 rings (SSSR count). The highest BCUT2D eigenvalue weighted by molar-refractivity contribution is 5.79. The standard InChI is InChI=1S/C13H29N3/c1-5-7-8-9-10-12(3)16-13(14-4)15-11-6-2/h12H,5-11H2,1-4H3,(H2,14,15,16). The zero-order chi connectivity index (χ0) is 12.2. The van der Waals surface area contributed by atoms with Gasteiger partial charge in [0.1, 0.15) is 0 Å². The molecule has 0 saturated heterocycles. The number of hydrogen-bond donors (Lipinski definition) is 2. The van der Waals surface area contributed by atoms with E-state index in [0.29, 0.717) is 6.04 Å². The van der Waals surface area contributed by atoms with Gasteiger partial charge in [-0.05, 0) is 19.8 Å². The maximum absolute atomic E-state index is 4.20. The second-order valence-corrected chi connectivity index (χ2v) is 4.39. The molecule has 3 nitrogen and oxygen atoms in total. The molecule has 0 radical (unpaired) electrons. The van der Waals surface area contributed by atoms with Gasteiger partial charge in [0.2, 0.25) is 0 Å². The van der Waals surface area contributed by atoms with Gasteiger partial charge in [-0.1, -0.05) is 39.5 Å². The molecule has 0 aromatic carbocycles. The summed E-state index contributed by atoms with van der Waals surface area (Å²) in [5.74, 6) is 0.935. The topological polar surface area (TPSA) is 36.4 Å². The average Bonchev–Trinajstić information content (AvgIpc) is 2.30. The molecule has 0 heterocycles. The molecule has 16 heavy (non-hydrogen) atoms. The quantitative estimate of drug-likeness (QED) is 0.380. The van der Waals surface area contributed by atoms with E-state index in [4.69, 9.17) is 0 Å². The molecule has 96 valence electrons. The van der Waals surface area contributed by atoms with E-state index in [0.717, 1.165) is 18.9 Å². The first-order valence-corrected chi connectivity index (χ1v) is 6.71. The first-order valence-electron chi connectivity index (χ1n) is 6.71. The van der Waals surface area contributed by atoms with E-state index in [1.54, 1.807) is 0 Å². The molecule has 0 aliphatic rings. The summed E-state index contributed by atoms with van der Waals surface area (Å²) in [6, 6.07) is 0.514. The first-order chi connectivity index (χ1) is 7.74. The zero-order valence-corrected chi connectivity index (χ0v) is 11.5. The predicted molar refractivity (Wildman–Crippen MR) is 73.0 cm³/mol. The number of guanidine groups is 1. The van der Waals surface area contributed by atoms with Gasteiger partial charge in [0.25, 0.3) is 0 Å². The maximum Gasteiger partial charge on any atom is 0.191 e. The van der Waals surface area contributed by atoms with Crippen LogP contribution >= 0.6 is 0 Å². The maximum atomic E-state index is 4.20. The summed E-state index contributed by atoms with van der Waals surface area (Å²) in [5.41, 5.74) is 0. The molecule has 0 bridgehead atoms. The molecule has 3 heteroatoms. The predicted octanol–water partition coefficient (Wildman–Crippen LogP) is 2.92. The Morgan fingerprint density at radius 2 is 1.88 bits per heavy atom. The normalized spacial score (nSPS) is 13.6. The molecule has 1 unspecified atom stereocenters. The Morgan fingerprint density at radius 3 is 2.44 bits per heavy atom. The van der Waals surface area contributed by atoms with Gasteiger partial charge in [0.15, 0.2) is 5.96 Å². The Morgan fingerprint density at radius 1 is 1.12 bits per heavy atom.